The van der Waals surface area contributed by atoms with Gasteiger partial charge in [0.25, 0.3) is 0 Å². The van der Waals surface area contributed by atoms with Crippen molar-refractivity contribution < 1.29 is 13.2 Å². The van der Waals surface area contributed by atoms with Crippen molar-refractivity contribution in [1.29, 1.82) is 0 Å². The van der Waals surface area contributed by atoms with E-state index in [-0.39, 0.29) is 12.3 Å². The molecular formula is C13H24F3N. The second kappa shape index (κ2) is 6.07. The van der Waals surface area contributed by atoms with Gasteiger partial charge in [-0.15, -0.1) is 0 Å². The van der Waals surface area contributed by atoms with Crippen molar-refractivity contribution in [2.24, 2.45) is 17.8 Å². The Hall–Kier alpha value is -0.250. The Bertz CT molecular complexity index is 223. The van der Waals surface area contributed by atoms with Crippen molar-refractivity contribution in [1.82, 2.24) is 4.90 Å². The molecule has 2 aliphatic rings. The Balaban J connectivity index is 0.000000686. The minimum atomic E-state index is -3.99. The maximum Gasteiger partial charge on any atom is 0.392 e. The first-order valence-corrected chi connectivity index (χ1v) is 6.76. The molecular weight excluding hydrogens is 227 g/mol. The smallest absolute Gasteiger partial charge is 0.303 e. The van der Waals surface area contributed by atoms with E-state index in [1.165, 1.54) is 12.8 Å². The summed E-state index contributed by atoms with van der Waals surface area (Å²) in [5.74, 6) is -0.537. The van der Waals surface area contributed by atoms with Crippen LogP contribution in [0.25, 0.3) is 0 Å². The van der Waals surface area contributed by atoms with Crippen LogP contribution in [0.15, 0.2) is 0 Å². The van der Waals surface area contributed by atoms with Crippen LogP contribution in [0.3, 0.4) is 0 Å². The summed E-state index contributed by atoms with van der Waals surface area (Å²) in [7, 11) is 0. The highest BCUT2D eigenvalue weighted by atomic mass is 19.4. The molecule has 1 aliphatic carbocycles. The Kier molecular flexibility index (Phi) is 5.29. The molecule has 17 heavy (non-hydrogen) atoms. The first-order chi connectivity index (χ1) is 7.97. The van der Waals surface area contributed by atoms with Crippen molar-refractivity contribution >= 4 is 0 Å². The highest BCUT2D eigenvalue weighted by Gasteiger charge is 2.45. The van der Waals surface area contributed by atoms with Gasteiger partial charge in [0, 0.05) is 13.1 Å². The van der Waals surface area contributed by atoms with Crippen LogP contribution in [0.4, 0.5) is 13.2 Å². The van der Waals surface area contributed by atoms with Crippen LogP contribution in [0, 0.1) is 17.8 Å². The van der Waals surface area contributed by atoms with E-state index in [0.717, 1.165) is 12.5 Å². The maximum absolute atomic E-state index is 12.6. The summed E-state index contributed by atoms with van der Waals surface area (Å²) in [5.41, 5.74) is 0. The van der Waals surface area contributed by atoms with E-state index in [1.54, 1.807) is 6.92 Å². The number of rotatable bonds is 2. The molecule has 0 amide bonds. The predicted molar refractivity (Wildman–Crippen MR) is 63.8 cm³/mol. The number of halogens is 3. The largest absolute Gasteiger partial charge is 0.392 e. The molecule has 0 spiro atoms. The van der Waals surface area contributed by atoms with E-state index in [0.29, 0.717) is 13.1 Å². The molecule has 1 nitrogen and oxygen atoms in total. The van der Waals surface area contributed by atoms with Crippen LogP contribution >= 0.6 is 0 Å². The van der Waals surface area contributed by atoms with Crippen LogP contribution in [0.2, 0.25) is 0 Å². The number of hydrogen-bond donors (Lipinski definition) is 0. The van der Waals surface area contributed by atoms with Gasteiger partial charge in [-0.25, -0.2) is 0 Å². The molecule has 4 heteroatoms. The summed E-state index contributed by atoms with van der Waals surface area (Å²) in [6, 6.07) is 0. The molecule has 0 aromatic heterocycles. The van der Waals surface area contributed by atoms with Crippen molar-refractivity contribution in [2.45, 2.75) is 46.2 Å². The molecule has 0 N–H and O–H groups in total. The fourth-order valence-corrected chi connectivity index (χ4v) is 2.55. The zero-order chi connectivity index (χ0) is 13.1. The Morgan fingerprint density at radius 1 is 1.12 bits per heavy atom. The van der Waals surface area contributed by atoms with Crippen LogP contribution in [-0.4, -0.2) is 30.7 Å². The summed E-state index contributed by atoms with van der Waals surface area (Å²) in [6.45, 7) is 8.01. The highest BCUT2D eigenvalue weighted by Crippen LogP contribution is 2.39. The molecule has 1 heterocycles. The van der Waals surface area contributed by atoms with Crippen LogP contribution < -0.4 is 0 Å². The van der Waals surface area contributed by atoms with Gasteiger partial charge in [0.05, 0.1) is 5.92 Å². The lowest BCUT2D eigenvalue weighted by atomic mass is 9.86. The fraction of sp³-hybridized carbons (Fsp3) is 1.00. The number of likely N-dealkylation sites (tertiary alicyclic amines) is 1. The molecule has 0 bridgehead atoms. The van der Waals surface area contributed by atoms with Gasteiger partial charge < -0.3 is 4.90 Å². The van der Waals surface area contributed by atoms with Crippen LogP contribution in [-0.2, 0) is 0 Å². The van der Waals surface area contributed by atoms with Crippen molar-refractivity contribution in [3.8, 4) is 0 Å². The van der Waals surface area contributed by atoms with Crippen molar-refractivity contribution in [3.63, 3.8) is 0 Å². The third-order valence-corrected chi connectivity index (χ3v) is 3.62. The van der Waals surface area contributed by atoms with Gasteiger partial charge in [-0.3, -0.25) is 0 Å². The molecule has 1 saturated heterocycles. The third-order valence-electron chi connectivity index (χ3n) is 3.62. The molecule has 0 aromatic rings. The zero-order valence-corrected chi connectivity index (χ0v) is 11.1. The molecule has 1 aliphatic heterocycles. The highest BCUT2D eigenvalue weighted by molar-refractivity contribution is 4.85. The Labute approximate surface area is 102 Å². The normalized spacial score (nSPS) is 30.7. The molecule has 1 saturated carbocycles. The second-order valence-electron chi connectivity index (χ2n) is 5.12. The van der Waals surface area contributed by atoms with Gasteiger partial charge in [-0.05, 0) is 37.6 Å². The molecule has 0 aromatic carbocycles. The lowest BCUT2D eigenvalue weighted by Crippen LogP contribution is -2.45. The minimum absolute atomic E-state index is 0.238. The summed E-state index contributed by atoms with van der Waals surface area (Å²) in [6.07, 6.45) is -1.16. The van der Waals surface area contributed by atoms with E-state index in [2.05, 4.69) is 4.90 Å². The lowest BCUT2D eigenvalue weighted by molar-refractivity contribution is -0.198. The number of alkyl halides is 3. The summed E-state index contributed by atoms with van der Waals surface area (Å²) >= 11 is 0. The summed E-state index contributed by atoms with van der Waals surface area (Å²) in [4.78, 5) is 2.21. The van der Waals surface area contributed by atoms with Gasteiger partial charge in [-0.1, -0.05) is 20.8 Å². The van der Waals surface area contributed by atoms with Crippen molar-refractivity contribution in [3.05, 3.63) is 0 Å². The molecule has 2 rings (SSSR count). The second-order valence-corrected chi connectivity index (χ2v) is 5.12. The standard InChI is InChI=1S/C11H18F3N.C2H6/c1-8-6-15(7-9-2-3-9)5-4-10(8)11(12,13)14;1-2/h8-10H,2-7H2,1H3;1-2H3/t8?,10-;/m0./s1. The van der Waals surface area contributed by atoms with Crippen molar-refractivity contribution in [2.75, 3.05) is 19.6 Å². The Morgan fingerprint density at radius 3 is 2.12 bits per heavy atom. The summed E-state index contributed by atoms with van der Waals surface area (Å²) in [5, 5.41) is 0. The number of piperidine rings is 1. The molecule has 2 fully saturated rings. The fourth-order valence-electron chi connectivity index (χ4n) is 2.55. The molecule has 2 atom stereocenters. The molecule has 0 radical (unpaired) electrons. The third kappa shape index (κ3) is 4.49. The van der Waals surface area contributed by atoms with E-state index in [4.69, 9.17) is 0 Å². The van der Waals surface area contributed by atoms with Gasteiger partial charge in [0.2, 0.25) is 0 Å². The van der Waals surface area contributed by atoms with Crippen LogP contribution in [0.5, 0.6) is 0 Å². The average Bonchev–Trinajstić information content (AvgIpc) is 3.03. The zero-order valence-electron chi connectivity index (χ0n) is 11.1. The lowest BCUT2D eigenvalue weighted by Gasteiger charge is -2.37. The quantitative estimate of drug-likeness (QED) is 0.718. The van der Waals surface area contributed by atoms with Gasteiger partial charge in [0.15, 0.2) is 0 Å². The maximum atomic E-state index is 12.6. The SMILES string of the molecule is CC.CC1CN(CC2CC2)CC[C@@H]1C(F)(F)F. The van der Waals surface area contributed by atoms with E-state index in [1.807, 2.05) is 13.8 Å². The molecule has 1 unspecified atom stereocenters. The van der Waals surface area contributed by atoms with Crippen LogP contribution in [0.1, 0.15) is 40.0 Å². The topological polar surface area (TPSA) is 3.24 Å². The van der Waals surface area contributed by atoms with Gasteiger partial charge in [0.1, 0.15) is 0 Å². The first kappa shape index (κ1) is 14.8. The number of nitrogens with zero attached hydrogens (tertiary/aromatic N) is 1. The monoisotopic (exact) mass is 251 g/mol. The average molecular weight is 251 g/mol. The van der Waals surface area contributed by atoms with Gasteiger partial charge in [-0.2, -0.15) is 13.2 Å². The Morgan fingerprint density at radius 2 is 1.71 bits per heavy atom. The van der Waals surface area contributed by atoms with E-state index >= 15 is 0 Å². The van der Waals surface area contributed by atoms with E-state index < -0.39 is 12.1 Å². The van der Waals surface area contributed by atoms with Gasteiger partial charge >= 0.3 is 6.18 Å². The molecule has 102 valence electrons. The number of hydrogen-bond acceptors (Lipinski definition) is 1. The summed E-state index contributed by atoms with van der Waals surface area (Å²) < 4.78 is 37.7. The predicted octanol–water partition coefficient (Wildman–Crippen LogP) is 3.94. The minimum Gasteiger partial charge on any atom is -0.303 e. The first-order valence-electron chi connectivity index (χ1n) is 6.76. The van der Waals surface area contributed by atoms with E-state index in [9.17, 15) is 13.2 Å².